The number of halogens is 2. The molecule has 0 radical (unpaired) electrons. The van der Waals surface area contributed by atoms with Crippen molar-refractivity contribution in [2.24, 2.45) is 4.99 Å². The van der Waals surface area contributed by atoms with Gasteiger partial charge in [0.15, 0.2) is 0 Å². The van der Waals surface area contributed by atoms with E-state index in [0.29, 0.717) is 28.9 Å². The summed E-state index contributed by atoms with van der Waals surface area (Å²) in [6, 6.07) is 9.94. The van der Waals surface area contributed by atoms with Gasteiger partial charge in [-0.3, -0.25) is 5.10 Å². The minimum absolute atomic E-state index is 0.198. The highest BCUT2D eigenvalue weighted by molar-refractivity contribution is 6.35. The molecule has 0 bridgehead atoms. The van der Waals surface area contributed by atoms with Gasteiger partial charge in [0.25, 0.3) is 0 Å². The number of benzene rings is 2. The van der Waals surface area contributed by atoms with Gasteiger partial charge in [0, 0.05) is 11.3 Å². The molecule has 6 heteroatoms. The summed E-state index contributed by atoms with van der Waals surface area (Å²) < 4.78 is 22.1. The van der Waals surface area contributed by atoms with Crippen molar-refractivity contribution in [2.75, 3.05) is 5.32 Å². The molecule has 4 nitrogen and oxygen atoms in total. The first-order valence-electron chi connectivity index (χ1n) is 7.08. The highest BCUT2D eigenvalue weighted by Crippen LogP contribution is 2.37. The molecular formula is C16H10ClFN4. The Hall–Kier alpha value is -2.66. The van der Waals surface area contributed by atoms with Gasteiger partial charge in [0.1, 0.15) is 17.3 Å². The van der Waals surface area contributed by atoms with Crippen molar-refractivity contribution in [1.29, 1.82) is 0 Å². The molecule has 1 aliphatic heterocycles. The molecule has 2 aromatic carbocycles. The lowest BCUT2D eigenvalue weighted by atomic mass is 10.1. The Bertz CT molecular complexity index is 931. The number of nitrogens with one attached hydrogen (secondary N) is 2. The van der Waals surface area contributed by atoms with Crippen molar-refractivity contribution < 1.29 is 5.76 Å². The van der Waals surface area contributed by atoms with E-state index in [4.69, 9.17) is 13.0 Å². The van der Waals surface area contributed by atoms with Crippen molar-refractivity contribution in [3.63, 3.8) is 0 Å². The van der Waals surface area contributed by atoms with Crippen LogP contribution in [0.2, 0.25) is 5.02 Å². The first-order chi connectivity index (χ1) is 11.1. The molecule has 0 saturated carbocycles. The van der Waals surface area contributed by atoms with Crippen LogP contribution in [0.1, 0.15) is 6.93 Å². The zero-order chi connectivity index (χ0) is 16.0. The van der Waals surface area contributed by atoms with Gasteiger partial charge in [0.2, 0.25) is 0 Å². The predicted octanol–water partition coefficient (Wildman–Crippen LogP) is 4.37. The molecule has 0 saturated heterocycles. The number of hydrogen-bond acceptors (Lipinski definition) is 3. The lowest BCUT2D eigenvalue weighted by Crippen LogP contribution is -2.15. The van der Waals surface area contributed by atoms with Crippen LogP contribution in [0.15, 0.2) is 53.6 Å². The number of para-hydroxylation sites is 1. The second kappa shape index (κ2) is 4.96. The third-order valence-corrected chi connectivity index (χ3v) is 3.75. The van der Waals surface area contributed by atoms with E-state index in [1.807, 2.05) is 0 Å². The Morgan fingerprint density at radius 2 is 2.09 bits per heavy atom. The number of H-pyrrole nitrogens is 1. The number of rotatable bonds is 1. The van der Waals surface area contributed by atoms with Crippen LogP contribution in [-0.2, 0) is 0 Å². The SMILES string of the molecule is [2H]c1ccc2c(c1)-c1[nH]ncc1N=C(c1c(F)cccc1Cl)N2. The summed E-state index contributed by atoms with van der Waals surface area (Å²) in [7, 11) is 0. The molecule has 0 spiro atoms. The maximum Gasteiger partial charge on any atom is 0.143 e. The Balaban J connectivity index is 1.97. The van der Waals surface area contributed by atoms with E-state index in [1.54, 1.807) is 36.5 Å². The van der Waals surface area contributed by atoms with Gasteiger partial charge in [-0.1, -0.05) is 35.8 Å². The number of nitrogens with zero attached hydrogens (tertiary/aromatic N) is 2. The van der Waals surface area contributed by atoms with Crippen LogP contribution in [0.5, 0.6) is 0 Å². The van der Waals surface area contributed by atoms with Gasteiger partial charge >= 0.3 is 0 Å². The van der Waals surface area contributed by atoms with Crippen LogP contribution in [-0.4, -0.2) is 16.0 Å². The Labute approximate surface area is 132 Å². The summed E-state index contributed by atoms with van der Waals surface area (Å²) >= 11 is 6.16. The van der Waals surface area contributed by atoms with Crippen molar-refractivity contribution in [3.8, 4) is 11.3 Å². The van der Waals surface area contributed by atoms with Crippen LogP contribution in [0, 0.1) is 5.82 Å². The molecule has 4 rings (SSSR count). The average Bonchev–Trinajstić information content (AvgIpc) is 2.91. The van der Waals surface area contributed by atoms with Crippen LogP contribution in [0.4, 0.5) is 15.8 Å². The molecule has 2 N–H and O–H groups in total. The van der Waals surface area contributed by atoms with E-state index in [9.17, 15) is 4.39 Å². The summed E-state index contributed by atoms with van der Waals surface area (Å²) in [6.45, 7) is 0. The zero-order valence-corrected chi connectivity index (χ0v) is 11.9. The second-order valence-corrected chi connectivity index (χ2v) is 5.19. The van der Waals surface area contributed by atoms with E-state index in [0.717, 1.165) is 5.56 Å². The lowest BCUT2D eigenvalue weighted by Gasteiger charge is -2.12. The van der Waals surface area contributed by atoms with Crippen LogP contribution < -0.4 is 5.32 Å². The molecule has 1 aromatic heterocycles. The number of anilines is 1. The number of hydrogen-bond donors (Lipinski definition) is 2. The van der Waals surface area contributed by atoms with Crippen molar-refractivity contribution in [3.05, 3.63) is 65.0 Å². The fourth-order valence-electron chi connectivity index (χ4n) is 2.43. The summed E-state index contributed by atoms with van der Waals surface area (Å²) in [5, 5.41) is 10.3. The monoisotopic (exact) mass is 313 g/mol. The Kier molecular flexibility index (Phi) is 2.69. The molecule has 2 heterocycles. The molecule has 0 unspecified atom stereocenters. The maximum atomic E-state index is 14.3. The van der Waals surface area contributed by atoms with Crippen LogP contribution in [0.25, 0.3) is 11.3 Å². The fraction of sp³-hybridized carbons (Fsp3) is 0. The van der Waals surface area contributed by atoms with Gasteiger partial charge < -0.3 is 5.32 Å². The molecule has 108 valence electrons. The predicted molar refractivity (Wildman–Crippen MR) is 85.3 cm³/mol. The average molecular weight is 314 g/mol. The molecule has 0 amide bonds. The van der Waals surface area contributed by atoms with Crippen molar-refractivity contribution >= 4 is 28.8 Å². The van der Waals surface area contributed by atoms with Gasteiger partial charge in [-0.25, -0.2) is 9.38 Å². The third kappa shape index (κ3) is 1.98. The first-order valence-corrected chi connectivity index (χ1v) is 6.96. The van der Waals surface area contributed by atoms with E-state index in [1.165, 1.54) is 6.07 Å². The molecular weight excluding hydrogens is 303 g/mol. The number of amidine groups is 1. The smallest absolute Gasteiger partial charge is 0.143 e. The highest BCUT2D eigenvalue weighted by atomic mass is 35.5. The van der Waals surface area contributed by atoms with Crippen molar-refractivity contribution in [1.82, 2.24) is 10.2 Å². The van der Waals surface area contributed by atoms with Crippen molar-refractivity contribution in [2.45, 2.75) is 0 Å². The summed E-state index contributed by atoms with van der Waals surface area (Å²) in [5.74, 6) is -0.165. The van der Waals surface area contributed by atoms with Gasteiger partial charge in [-0.05, 0) is 18.2 Å². The Morgan fingerprint density at radius 3 is 2.95 bits per heavy atom. The summed E-state index contributed by atoms with van der Waals surface area (Å²) in [4.78, 5) is 4.46. The number of fused-ring (bicyclic) bond motifs is 3. The summed E-state index contributed by atoms with van der Waals surface area (Å²) in [5.41, 5.74) is 2.86. The van der Waals surface area contributed by atoms with E-state index in [-0.39, 0.29) is 10.6 Å². The van der Waals surface area contributed by atoms with Gasteiger partial charge in [-0.15, -0.1) is 0 Å². The molecule has 0 fully saturated rings. The molecule has 22 heavy (non-hydrogen) atoms. The third-order valence-electron chi connectivity index (χ3n) is 3.44. The molecule has 1 aliphatic rings. The number of aromatic amines is 1. The number of aliphatic imine (C=N–C) groups is 1. The van der Waals surface area contributed by atoms with E-state index in [2.05, 4.69) is 20.5 Å². The fourth-order valence-corrected chi connectivity index (χ4v) is 2.68. The Morgan fingerprint density at radius 1 is 1.18 bits per heavy atom. The largest absolute Gasteiger partial charge is 0.339 e. The number of aromatic nitrogens is 2. The standard InChI is InChI=1S/C16H10ClFN4/c17-10-5-3-6-11(18)14(10)16-20-12-7-2-1-4-9(12)15-13(21-16)8-19-22-15/h1-8H,(H,19,22)(H,20,21)/i1D. The molecule has 0 atom stereocenters. The van der Waals surface area contributed by atoms with Gasteiger partial charge in [0.05, 0.1) is 23.8 Å². The topological polar surface area (TPSA) is 53.1 Å². The second-order valence-electron chi connectivity index (χ2n) is 4.78. The van der Waals surface area contributed by atoms with E-state index < -0.39 is 5.82 Å². The highest BCUT2D eigenvalue weighted by Gasteiger charge is 2.21. The normalized spacial score (nSPS) is 13.4. The zero-order valence-electron chi connectivity index (χ0n) is 12.2. The first kappa shape index (κ1) is 11.9. The molecule has 3 aromatic rings. The van der Waals surface area contributed by atoms with Gasteiger partial charge in [-0.2, -0.15) is 5.10 Å². The minimum atomic E-state index is -0.464. The van der Waals surface area contributed by atoms with E-state index >= 15 is 0 Å². The quantitative estimate of drug-likeness (QED) is 0.700. The maximum absolute atomic E-state index is 14.3. The molecule has 0 aliphatic carbocycles. The van der Waals surface area contributed by atoms with Crippen LogP contribution in [0.3, 0.4) is 0 Å². The minimum Gasteiger partial charge on any atom is -0.339 e. The summed E-state index contributed by atoms with van der Waals surface area (Å²) in [6.07, 6.45) is 1.55. The lowest BCUT2D eigenvalue weighted by molar-refractivity contribution is 0.625. The van der Waals surface area contributed by atoms with Crippen LogP contribution >= 0.6 is 11.6 Å².